The number of benzene rings is 1. The van der Waals surface area contributed by atoms with E-state index < -0.39 is 8.07 Å². The molecule has 1 aromatic carbocycles. The molecule has 0 aliphatic heterocycles. The quantitative estimate of drug-likeness (QED) is 0.634. The first-order valence-electron chi connectivity index (χ1n) is 3.87. The van der Waals surface area contributed by atoms with Crippen LogP contribution in [0.4, 0.5) is 0 Å². The van der Waals surface area contributed by atoms with Crippen LogP contribution in [0.25, 0.3) is 0 Å². The normalized spacial score (nSPS) is 11.8. The summed E-state index contributed by atoms with van der Waals surface area (Å²) in [7, 11) is -1.33. The highest BCUT2D eigenvalue weighted by Crippen LogP contribution is 2.16. The molecule has 0 aliphatic carbocycles. The van der Waals surface area contributed by atoms with Crippen molar-refractivity contribution in [2.75, 3.05) is 0 Å². The summed E-state index contributed by atoms with van der Waals surface area (Å²) in [6.07, 6.45) is 0. The molecule has 0 nitrogen and oxygen atoms in total. The van der Waals surface area contributed by atoms with Crippen molar-refractivity contribution in [3.63, 3.8) is 0 Å². The van der Waals surface area contributed by atoms with Gasteiger partial charge in [0.05, 0.1) is 8.07 Å². The van der Waals surface area contributed by atoms with Crippen LogP contribution in [0.15, 0.2) is 18.2 Å². The van der Waals surface area contributed by atoms with Crippen molar-refractivity contribution in [1.82, 2.24) is 0 Å². The molecule has 66 valence electrons. The first kappa shape index (κ1) is 10.1. The van der Waals surface area contributed by atoms with Crippen LogP contribution < -0.4 is 5.19 Å². The van der Waals surface area contributed by atoms with Crippen LogP contribution in [-0.2, 0) is 0 Å². The molecule has 0 fully saturated rings. The van der Waals surface area contributed by atoms with Crippen LogP contribution >= 0.6 is 23.2 Å². The molecule has 0 bridgehead atoms. The van der Waals surface area contributed by atoms with Gasteiger partial charge in [-0.25, -0.2) is 0 Å². The molecular formula is C9H12Cl2Si. The zero-order valence-corrected chi connectivity index (χ0v) is 10.00. The Kier molecular flexibility index (Phi) is 2.87. The molecule has 0 atom stereocenters. The lowest BCUT2D eigenvalue weighted by Gasteiger charge is -2.18. The third kappa shape index (κ3) is 2.25. The van der Waals surface area contributed by atoms with Crippen LogP contribution in [0, 0.1) is 0 Å². The van der Waals surface area contributed by atoms with Gasteiger partial charge in [-0.05, 0) is 23.4 Å². The van der Waals surface area contributed by atoms with E-state index in [1.54, 1.807) is 0 Å². The van der Waals surface area contributed by atoms with Gasteiger partial charge < -0.3 is 0 Å². The van der Waals surface area contributed by atoms with Gasteiger partial charge in [-0.15, -0.1) is 0 Å². The van der Waals surface area contributed by atoms with Gasteiger partial charge in [0.2, 0.25) is 0 Å². The van der Waals surface area contributed by atoms with Crippen LogP contribution in [0.1, 0.15) is 0 Å². The second-order valence-corrected chi connectivity index (χ2v) is 9.76. The van der Waals surface area contributed by atoms with Crippen molar-refractivity contribution in [1.29, 1.82) is 0 Å². The first-order chi connectivity index (χ1) is 5.41. The predicted octanol–water partition coefficient (Wildman–Crippen LogP) is 3.54. The lowest BCUT2D eigenvalue weighted by Crippen LogP contribution is -2.38. The highest BCUT2D eigenvalue weighted by molar-refractivity contribution is 6.90. The summed E-state index contributed by atoms with van der Waals surface area (Å²) in [4.78, 5) is 0. The SMILES string of the molecule is C[Si](C)(C)c1cc(Cl)ccc1Cl. The van der Waals surface area contributed by atoms with E-state index in [0.29, 0.717) is 0 Å². The fourth-order valence-electron chi connectivity index (χ4n) is 1.07. The molecule has 0 amide bonds. The smallest absolute Gasteiger partial charge is 0.0796 e. The zero-order chi connectivity index (χ0) is 9.35. The molecule has 0 heterocycles. The van der Waals surface area contributed by atoms with E-state index in [-0.39, 0.29) is 0 Å². The Labute approximate surface area is 84.5 Å². The van der Waals surface area contributed by atoms with Gasteiger partial charge in [-0.1, -0.05) is 42.8 Å². The Hall–Kier alpha value is 0.0169. The second-order valence-electron chi connectivity index (χ2n) is 3.87. The Morgan fingerprint density at radius 1 is 1.08 bits per heavy atom. The molecule has 1 rings (SSSR count). The summed E-state index contributed by atoms with van der Waals surface area (Å²) in [6.45, 7) is 6.76. The second kappa shape index (κ2) is 3.41. The Morgan fingerprint density at radius 2 is 1.67 bits per heavy atom. The lowest BCUT2D eigenvalue weighted by molar-refractivity contribution is 1.68. The molecule has 0 N–H and O–H groups in total. The molecule has 0 saturated carbocycles. The number of hydrogen-bond donors (Lipinski definition) is 0. The van der Waals surface area contributed by atoms with Crippen molar-refractivity contribution < 1.29 is 0 Å². The van der Waals surface area contributed by atoms with Crippen LogP contribution in [0.2, 0.25) is 29.7 Å². The number of rotatable bonds is 1. The number of hydrogen-bond acceptors (Lipinski definition) is 0. The molecule has 0 saturated heterocycles. The van der Waals surface area contributed by atoms with E-state index in [2.05, 4.69) is 19.6 Å². The molecule has 0 unspecified atom stereocenters. The van der Waals surface area contributed by atoms with Crippen LogP contribution in [0.3, 0.4) is 0 Å². The molecule has 0 aliphatic rings. The molecular weight excluding hydrogens is 207 g/mol. The summed E-state index contributed by atoms with van der Waals surface area (Å²) in [6, 6.07) is 5.68. The maximum absolute atomic E-state index is 6.06. The maximum Gasteiger partial charge on any atom is 0.0796 e. The largest absolute Gasteiger partial charge is 0.0845 e. The van der Waals surface area contributed by atoms with Crippen LogP contribution in [0.5, 0.6) is 0 Å². The summed E-state index contributed by atoms with van der Waals surface area (Å²) in [5.74, 6) is 0. The van der Waals surface area contributed by atoms with E-state index in [9.17, 15) is 0 Å². The molecule has 3 heteroatoms. The van der Waals surface area contributed by atoms with Gasteiger partial charge in [-0.2, -0.15) is 0 Å². The van der Waals surface area contributed by atoms with E-state index in [4.69, 9.17) is 23.2 Å². The van der Waals surface area contributed by atoms with Gasteiger partial charge >= 0.3 is 0 Å². The fourth-order valence-corrected chi connectivity index (χ4v) is 3.69. The van der Waals surface area contributed by atoms with Crippen LogP contribution in [-0.4, -0.2) is 8.07 Å². The Bertz CT molecular complexity index is 289. The van der Waals surface area contributed by atoms with Crippen molar-refractivity contribution in [2.45, 2.75) is 19.6 Å². The van der Waals surface area contributed by atoms with E-state index in [1.165, 1.54) is 5.19 Å². The highest BCUT2D eigenvalue weighted by Gasteiger charge is 2.19. The molecule has 0 spiro atoms. The third-order valence-electron chi connectivity index (χ3n) is 1.74. The molecule has 0 aromatic heterocycles. The molecule has 1 aromatic rings. The van der Waals surface area contributed by atoms with Gasteiger partial charge in [0.15, 0.2) is 0 Å². The summed E-state index contributed by atoms with van der Waals surface area (Å²) < 4.78 is 0. The van der Waals surface area contributed by atoms with E-state index in [1.807, 2.05) is 18.2 Å². The highest BCUT2D eigenvalue weighted by atomic mass is 35.5. The topological polar surface area (TPSA) is 0 Å². The number of halogens is 2. The summed E-state index contributed by atoms with van der Waals surface area (Å²) >= 11 is 11.9. The van der Waals surface area contributed by atoms with Gasteiger partial charge in [0, 0.05) is 10.0 Å². The standard InChI is InChI=1S/C9H12Cl2Si/c1-12(2,3)9-6-7(10)4-5-8(9)11/h4-6H,1-3H3. The fraction of sp³-hybridized carbons (Fsp3) is 0.333. The van der Waals surface area contributed by atoms with Crippen molar-refractivity contribution in [3.8, 4) is 0 Å². The molecule has 0 radical (unpaired) electrons. The Balaban J connectivity index is 3.23. The minimum Gasteiger partial charge on any atom is -0.0845 e. The Morgan fingerprint density at radius 3 is 2.08 bits per heavy atom. The minimum atomic E-state index is -1.33. The summed E-state index contributed by atoms with van der Waals surface area (Å²) in [5.41, 5.74) is 0. The van der Waals surface area contributed by atoms with Gasteiger partial charge in [-0.3, -0.25) is 0 Å². The van der Waals surface area contributed by atoms with E-state index >= 15 is 0 Å². The monoisotopic (exact) mass is 218 g/mol. The average molecular weight is 219 g/mol. The summed E-state index contributed by atoms with van der Waals surface area (Å²) in [5, 5.41) is 2.85. The third-order valence-corrected chi connectivity index (χ3v) is 4.49. The minimum absolute atomic E-state index is 0.775. The average Bonchev–Trinajstić information content (AvgIpc) is 1.92. The maximum atomic E-state index is 6.06. The van der Waals surface area contributed by atoms with Crippen molar-refractivity contribution in [2.24, 2.45) is 0 Å². The lowest BCUT2D eigenvalue weighted by atomic mass is 10.4. The van der Waals surface area contributed by atoms with Gasteiger partial charge in [0.25, 0.3) is 0 Å². The molecule has 12 heavy (non-hydrogen) atoms. The first-order valence-corrected chi connectivity index (χ1v) is 8.12. The van der Waals surface area contributed by atoms with Crippen molar-refractivity contribution in [3.05, 3.63) is 28.2 Å². The predicted molar refractivity (Wildman–Crippen MR) is 59.4 cm³/mol. The zero-order valence-electron chi connectivity index (χ0n) is 7.49. The van der Waals surface area contributed by atoms with E-state index in [0.717, 1.165) is 10.0 Å². The van der Waals surface area contributed by atoms with Crippen molar-refractivity contribution >= 4 is 36.5 Å². The van der Waals surface area contributed by atoms with Gasteiger partial charge in [0.1, 0.15) is 0 Å².